The van der Waals surface area contributed by atoms with Crippen LogP contribution in [0.3, 0.4) is 0 Å². The Morgan fingerprint density at radius 1 is 0.947 bits per heavy atom. The van der Waals surface area contributed by atoms with Crippen molar-refractivity contribution in [1.82, 2.24) is 4.98 Å². The fourth-order valence-corrected chi connectivity index (χ4v) is 7.81. The molecule has 2 bridgehead atoms. The lowest BCUT2D eigenvalue weighted by Crippen LogP contribution is -2.67. The monoisotopic (exact) mass is 499 g/mol. The van der Waals surface area contributed by atoms with Crippen LogP contribution >= 0.6 is 0 Å². The Bertz CT molecular complexity index is 1600. The average Bonchev–Trinajstić information content (AvgIpc) is 2.98. The van der Waals surface area contributed by atoms with Crippen LogP contribution in [0.25, 0.3) is 32.4 Å². The van der Waals surface area contributed by atoms with Crippen molar-refractivity contribution in [2.75, 3.05) is 20.2 Å². The molecule has 1 aromatic heterocycles. The van der Waals surface area contributed by atoms with Gasteiger partial charge in [0.2, 0.25) is 0 Å². The first kappa shape index (κ1) is 23.6. The van der Waals surface area contributed by atoms with Crippen LogP contribution in [-0.4, -0.2) is 35.7 Å². The number of pyridine rings is 1. The first-order valence-electron chi connectivity index (χ1n) is 13.9. The topological polar surface area (TPSA) is 22.1 Å². The number of nitrogens with zero attached hydrogens (tertiary/aromatic N) is 2. The van der Waals surface area contributed by atoms with Gasteiger partial charge in [-0.3, -0.25) is 4.98 Å². The first-order chi connectivity index (χ1) is 18.7. The highest BCUT2D eigenvalue weighted by Crippen LogP contribution is 2.49. The molecule has 0 radical (unpaired) electrons. The fourth-order valence-electron chi connectivity index (χ4n) is 7.81. The average molecular weight is 500 g/mol. The standard InChI is InChI=1S/C35H35N2O/c1-3-24-22-37(23-32-28-12-6-4-10-26(28)20-27-11-5-7-13-29(27)32)19-17-25(24)21-34(37)35(38-2)31-16-18-36-33-15-9-8-14-30(31)33/h3-16,18,20,24-25,34-35H,1,17,19,21-23H2,2H3/q+1/t24?,25?,34-,35+,37-/m0/s1. The molecule has 3 nitrogen and oxygen atoms in total. The van der Waals surface area contributed by atoms with Gasteiger partial charge >= 0.3 is 0 Å². The molecule has 38 heavy (non-hydrogen) atoms. The molecule has 5 atom stereocenters. The molecule has 0 spiro atoms. The zero-order valence-corrected chi connectivity index (χ0v) is 22.1. The molecule has 4 heterocycles. The SMILES string of the molecule is C=CC1C[N@+]2(Cc3c4ccccc4cc4ccccc34)CCC1C[C@H]2[C@H](OC)c1ccnc2ccccc12. The summed E-state index contributed by atoms with van der Waals surface area (Å²) in [4.78, 5) is 4.66. The van der Waals surface area contributed by atoms with Crippen LogP contribution in [0.1, 0.15) is 30.1 Å². The number of aromatic nitrogens is 1. The lowest BCUT2D eigenvalue weighted by atomic mass is 9.71. The molecule has 3 aliphatic heterocycles. The molecule has 0 saturated carbocycles. The third-order valence-corrected chi connectivity index (χ3v) is 9.62. The number of fused-ring (bicyclic) bond motifs is 6. The van der Waals surface area contributed by atoms with Crippen LogP contribution < -0.4 is 0 Å². The Kier molecular flexibility index (Phi) is 5.79. The van der Waals surface area contributed by atoms with E-state index in [4.69, 9.17) is 4.74 Å². The Hall–Kier alpha value is -3.53. The summed E-state index contributed by atoms with van der Waals surface area (Å²) in [6.45, 7) is 7.59. The largest absolute Gasteiger partial charge is 0.370 e. The molecule has 3 aliphatic rings. The summed E-state index contributed by atoms with van der Waals surface area (Å²) in [7, 11) is 1.90. The van der Waals surface area contributed by atoms with Crippen LogP contribution in [0.15, 0.2) is 104 Å². The normalized spacial score (nSPS) is 25.7. The minimum Gasteiger partial charge on any atom is -0.370 e. The number of hydrogen-bond donors (Lipinski definition) is 0. The Morgan fingerprint density at radius 2 is 1.63 bits per heavy atom. The number of methoxy groups -OCH3 is 1. The highest BCUT2D eigenvalue weighted by molar-refractivity contribution is 6.02. The van der Waals surface area contributed by atoms with Crippen molar-refractivity contribution in [3.63, 3.8) is 0 Å². The molecule has 4 aromatic carbocycles. The molecule has 8 rings (SSSR count). The van der Waals surface area contributed by atoms with Crippen LogP contribution in [-0.2, 0) is 11.3 Å². The van der Waals surface area contributed by atoms with Crippen molar-refractivity contribution in [3.8, 4) is 0 Å². The fraction of sp³-hybridized carbons (Fsp3) is 0.286. The quantitative estimate of drug-likeness (QED) is 0.135. The molecule has 190 valence electrons. The van der Waals surface area contributed by atoms with Crippen molar-refractivity contribution < 1.29 is 9.22 Å². The number of hydrogen-bond acceptors (Lipinski definition) is 2. The van der Waals surface area contributed by atoms with E-state index < -0.39 is 0 Å². The van der Waals surface area contributed by atoms with E-state index in [1.165, 1.54) is 51.0 Å². The predicted octanol–water partition coefficient (Wildman–Crippen LogP) is 7.84. The number of rotatable bonds is 6. The number of ether oxygens (including phenoxy) is 1. The highest BCUT2D eigenvalue weighted by atomic mass is 16.5. The lowest BCUT2D eigenvalue weighted by Gasteiger charge is -2.58. The van der Waals surface area contributed by atoms with E-state index in [0.717, 1.165) is 29.5 Å². The van der Waals surface area contributed by atoms with Crippen molar-refractivity contribution >= 4 is 32.4 Å². The first-order valence-corrected chi connectivity index (χ1v) is 13.9. The van der Waals surface area contributed by atoms with Gasteiger partial charge in [-0.15, -0.1) is 6.58 Å². The van der Waals surface area contributed by atoms with Crippen molar-refractivity contribution in [3.05, 3.63) is 115 Å². The number of piperidine rings is 3. The maximum atomic E-state index is 6.47. The molecular weight excluding hydrogens is 464 g/mol. The van der Waals surface area contributed by atoms with E-state index in [1.807, 2.05) is 13.3 Å². The summed E-state index contributed by atoms with van der Waals surface area (Å²) < 4.78 is 7.52. The molecule has 3 saturated heterocycles. The Morgan fingerprint density at radius 3 is 2.34 bits per heavy atom. The lowest BCUT2D eigenvalue weighted by molar-refractivity contribution is -0.984. The predicted molar refractivity (Wildman–Crippen MR) is 157 cm³/mol. The second kappa shape index (κ2) is 9.34. The molecule has 0 amide bonds. The highest BCUT2D eigenvalue weighted by Gasteiger charge is 2.54. The van der Waals surface area contributed by atoms with Gasteiger partial charge in [-0.1, -0.05) is 72.8 Å². The minimum absolute atomic E-state index is 0.0118. The number of para-hydroxylation sites is 1. The smallest absolute Gasteiger partial charge is 0.135 e. The third kappa shape index (κ3) is 3.68. The van der Waals surface area contributed by atoms with Gasteiger partial charge in [0.1, 0.15) is 18.7 Å². The zero-order valence-electron chi connectivity index (χ0n) is 22.1. The van der Waals surface area contributed by atoms with Gasteiger partial charge in [-0.05, 0) is 51.2 Å². The van der Waals surface area contributed by atoms with Crippen molar-refractivity contribution in [1.29, 1.82) is 0 Å². The van der Waals surface area contributed by atoms with Gasteiger partial charge < -0.3 is 9.22 Å². The van der Waals surface area contributed by atoms with E-state index in [0.29, 0.717) is 17.9 Å². The van der Waals surface area contributed by atoms with Gasteiger partial charge in [0.05, 0.1) is 18.6 Å². The van der Waals surface area contributed by atoms with Gasteiger partial charge in [-0.25, -0.2) is 0 Å². The maximum Gasteiger partial charge on any atom is 0.135 e. The summed E-state index contributed by atoms with van der Waals surface area (Å²) >= 11 is 0. The van der Waals surface area contributed by atoms with Crippen LogP contribution in [0.5, 0.6) is 0 Å². The summed E-state index contributed by atoms with van der Waals surface area (Å²) in [6.07, 6.45) is 6.61. The molecule has 2 unspecified atom stereocenters. The van der Waals surface area contributed by atoms with Crippen LogP contribution in [0, 0.1) is 11.8 Å². The van der Waals surface area contributed by atoms with Crippen LogP contribution in [0.2, 0.25) is 0 Å². The third-order valence-electron chi connectivity index (χ3n) is 9.62. The van der Waals surface area contributed by atoms with Gasteiger partial charge in [-0.2, -0.15) is 0 Å². The number of quaternary nitrogens is 1. The second-order valence-electron chi connectivity index (χ2n) is 11.4. The summed E-state index contributed by atoms with van der Waals surface area (Å²) in [5.74, 6) is 1.22. The Labute approximate surface area is 225 Å². The Balaban J connectivity index is 1.41. The van der Waals surface area contributed by atoms with E-state index in [1.54, 1.807) is 0 Å². The summed E-state index contributed by atoms with van der Waals surface area (Å²) in [5, 5.41) is 6.61. The molecule has 3 heteroatoms. The van der Waals surface area contributed by atoms with Crippen LogP contribution in [0.4, 0.5) is 0 Å². The molecule has 3 fully saturated rings. The van der Waals surface area contributed by atoms with Crippen molar-refractivity contribution in [2.45, 2.75) is 31.5 Å². The summed E-state index contributed by atoms with van der Waals surface area (Å²) in [5.41, 5.74) is 3.78. The molecular formula is C35H35N2O+. The van der Waals surface area contributed by atoms with Crippen molar-refractivity contribution in [2.24, 2.45) is 11.8 Å². The summed E-state index contributed by atoms with van der Waals surface area (Å²) in [6, 6.07) is 31.3. The zero-order chi connectivity index (χ0) is 25.7. The maximum absolute atomic E-state index is 6.47. The van der Waals surface area contributed by atoms with E-state index >= 15 is 0 Å². The van der Waals surface area contributed by atoms with Gasteiger partial charge in [0.25, 0.3) is 0 Å². The van der Waals surface area contributed by atoms with E-state index in [9.17, 15) is 0 Å². The molecule has 0 N–H and O–H groups in total. The number of benzene rings is 4. The van der Waals surface area contributed by atoms with Gasteiger partial charge in [0.15, 0.2) is 0 Å². The van der Waals surface area contributed by atoms with Gasteiger partial charge in [0, 0.05) is 43.0 Å². The second-order valence-corrected chi connectivity index (χ2v) is 11.4. The van der Waals surface area contributed by atoms with E-state index in [-0.39, 0.29) is 6.10 Å². The molecule has 5 aromatic rings. The molecule has 0 aliphatic carbocycles. The van der Waals surface area contributed by atoms with E-state index in [2.05, 4.69) is 103 Å². The minimum atomic E-state index is 0.0118.